The van der Waals surface area contributed by atoms with Gasteiger partial charge in [0, 0.05) is 29.9 Å². The summed E-state index contributed by atoms with van der Waals surface area (Å²) in [7, 11) is 0. The first kappa shape index (κ1) is 14.1. The topological polar surface area (TPSA) is 41.1 Å². The van der Waals surface area contributed by atoms with Gasteiger partial charge >= 0.3 is 0 Å². The van der Waals surface area contributed by atoms with Gasteiger partial charge in [-0.3, -0.25) is 4.90 Å². The molecule has 18 heavy (non-hydrogen) atoms. The Morgan fingerprint density at radius 2 is 2.22 bits per heavy atom. The molecule has 1 saturated heterocycles. The van der Waals surface area contributed by atoms with Crippen molar-refractivity contribution in [1.82, 2.24) is 14.5 Å². The Kier molecular flexibility index (Phi) is 5.72. The van der Waals surface area contributed by atoms with Crippen molar-refractivity contribution in [2.45, 2.75) is 38.0 Å². The van der Waals surface area contributed by atoms with Gasteiger partial charge < -0.3 is 5.32 Å². The number of thioether (sulfide) groups is 1. The molecule has 0 saturated carbocycles. The molecule has 1 aromatic rings. The van der Waals surface area contributed by atoms with E-state index in [2.05, 4.69) is 33.0 Å². The molecule has 2 heterocycles. The van der Waals surface area contributed by atoms with Crippen LogP contribution in [0.4, 0.5) is 5.00 Å². The van der Waals surface area contributed by atoms with Gasteiger partial charge in [0.1, 0.15) is 10.7 Å². The highest BCUT2D eigenvalue weighted by Crippen LogP contribution is 2.24. The zero-order valence-corrected chi connectivity index (χ0v) is 12.8. The summed E-state index contributed by atoms with van der Waals surface area (Å²) >= 11 is 3.49. The molecule has 1 aromatic heterocycles. The van der Waals surface area contributed by atoms with Crippen LogP contribution in [0.25, 0.3) is 0 Å². The Bertz CT molecular complexity index is 348. The van der Waals surface area contributed by atoms with E-state index in [-0.39, 0.29) is 0 Å². The molecule has 6 heteroatoms. The fourth-order valence-corrected chi connectivity index (χ4v) is 3.48. The van der Waals surface area contributed by atoms with E-state index in [1.54, 1.807) is 0 Å². The maximum atomic E-state index is 4.26. The van der Waals surface area contributed by atoms with Gasteiger partial charge in [-0.25, -0.2) is 0 Å². The van der Waals surface area contributed by atoms with Gasteiger partial charge in [-0.2, -0.15) is 11.8 Å². The van der Waals surface area contributed by atoms with E-state index in [4.69, 9.17) is 0 Å². The van der Waals surface area contributed by atoms with Crippen molar-refractivity contribution < 1.29 is 0 Å². The normalized spacial score (nSPS) is 18.1. The van der Waals surface area contributed by atoms with Crippen molar-refractivity contribution in [3.8, 4) is 0 Å². The lowest BCUT2D eigenvalue weighted by molar-refractivity contribution is 0.223. The Morgan fingerprint density at radius 1 is 1.44 bits per heavy atom. The Balaban J connectivity index is 1.84. The standard InChI is InChI=1S/C12H22N4S2/c1-3-6-13-12-11(14-15-18-12)9-16-7-4-10(17-2)5-8-16/h10,13H,3-9H2,1-2H3. The summed E-state index contributed by atoms with van der Waals surface area (Å²) in [5.41, 5.74) is 1.12. The van der Waals surface area contributed by atoms with Crippen molar-refractivity contribution in [3.63, 3.8) is 0 Å². The minimum atomic E-state index is 0.854. The number of piperidine rings is 1. The molecule has 4 nitrogen and oxygen atoms in total. The molecule has 0 atom stereocenters. The molecule has 1 N–H and O–H groups in total. The van der Waals surface area contributed by atoms with E-state index in [1.807, 2.05) is 11.8 Å². The molecule has 0 unspecified atom stereocenters. The van der Waals surface area contributed by atoms with Gasteiger partial charge in [-0.05, 0) is 38.6 Å². The molecule has 102 valence electrons. The third kappa shape index (κ3) is 3.83. The van der Waals surface area contributed by atoms with Gasteiger partial charge in [0.2, 0.25) is 0 Å². The van der Waals surface area contributed by atoms with E-state index in [1.165, 1.54) is 37.5 Å². The monoisotopic (exact) mass is 286 g/mol. The molecule has 1 aliphatic heterocycles. The highest BCUT2D eigenvalue weighted by Gasteiger charge is 2.20. The predicted molar refractivity (Wildman–Crippen MR) is 80.5 cm³/mol. The maximum absolute atomic E-state index is 4.26. The number of likely N-dealkylation sites (tertiary alicyclic amines) is 1. The molecular weight excluding hydrogens is 264 g/mol. The predicted octanol–water partition coefficient (Wildman–Crippen LogP) is 2.69. The molecule has 0 bridgehead atoms. The van der Waals surface area contributed by atoms with E-state index in [0.717, 1.165) is 35.5 Å². The molecule has 2 rings (SSSR count). The lowest BCUT2D eigenvalue weighted by atomic mass is 10.1. The van der Waals surface area contributed by atoms with E-state index in [0.29, 0.717) is 0 Å². The Labute approximate surface area is 118 Å². The first-order valence-electron chi connectivity index (χ1n) is 6.63. The lowest BCUT2D eigenvalue weighted by Crippen LogP contribution is -2.34. The zero-order valence-electron chi connectivity index (χ0n) is 11.2. The van der Waals surface area contributed by atoms with Crippen LogP contribution in [0.5, 0.6) is 0 Å². The SMILES string of the molecule is CCCNc1snnc1CN1CCC(SC)CC1. The van der Waals surface area contributed by atoms with Crippen LogP contribution in [0, 0.1) is 0 Å². The Hall–Kier alpha value is -0.330. The quantitative estimate of drug-likeness (QED) is 0.871. The van der Waals surface area contributed by atoms with Gasteiger partial charge in [0.15, 0.2) is 0 Å². The second-order valence-corrected chi connectivity index (χ2v) is 6.58. The first-order valence-corrected chi connectivity index (χ1v) is 8.69. The van der Waals surface area contributed by atoms with Crippen LogP contribution in [0.15, 0.2) is 0 Å². The summed E-state index contributed by atoms with van der Waals surface area (Å²) in [4.78, 5) is 2.50. The summed E-state index contributed by atoms with van der Waals surface area (Å²) in [6.45, 7) is 6.51. The van der Waals surface area contributed by atoms with Crippen molar-refractivity contribution >= 4 is 28.3 Å². The highest BCUT2D eigenvalue weighted by atomic mass is 32.2. The number of anilines is 1. The number of nitrogens with one attached hydrogen (secondary N) is 1. The van der Waals surface area contributed by atoms with Crippen molar-refractivity contribution in [1.29, 1.82) is 0 Å². The first-order chi connectivity index (χ1) is 8.83. The van der Waals surface area contributed by atoms with Crippen LogP contribution in [0.3, 0.4) is 0 Å². The number of aromatic nitrogens is 2. The number of hydrogen-bond acceptors (Lipinski definition) is 6. The second-order valence-electron chi connectivity index (χ2n) is 4.69. The smallest absolute Gasteiger partial charge is 0.134 e. The van der Waals surface area contributed by atoms with Crippen LogP contribution < -0.4 is 5.32 Å². The minimum absolute atomic E-state index is 0.854. The fraction of sp³-hybridized carbons (Fsp3) is 0.833. The summed E-state index contributed by atoms with van der Waals surface area (Å²) in [6, 6.07) is 0. The van der Waals surface area contributed by atoms with Crippen molar-refractivity contribution in [2.75, 3.05) is 31.2 Å². The average molecular weight is 286 g/mol. The number of hydrogen-bond donors (Lipinski definition) is 1. The van der Waals surface area contributed by atoms with Gasteiger partial charge in [-0.15, -0.1) is 5.10 Å². The van der Waals surface area contributed by atoms with Crippen molar-refractivity contribution in [2.24, 2.45) is 0 Å². The van der Waals surface area contributed by atoms with Crippen LogP contribution in [-0.4, -0.2) is 45.6 Å². The third-order valence-electron chi connectivity index (χ3n) is 3.33. The number of nitrogens with zero attached hydrogens (tertiary/aromatic N) is 3. The fourth-order valence-electron chi connectivity index (χ4n) is 2.20. The average Bonchev–Trinajstić information content (AvgIpc) is 2.84. The summed E-state index contributed by atoms with van der Waals surface area (Å²) in [5, 5.41) is 9.69. The van der Waals surface area contributed by atoms with Crippen molar-refractivity contribution in [3.05, 3.63) is 5.69 Å². The van der Waals surface area contributed by atoms with Gasteiger partial charge in [0.25, 0.3) is 0 Å². The molecule has 0 radical (unpaired) electrons. The molecule has 1 fully saturated rings. The zero-order chi connectivity index (χ0) is 12.8. The third-order valence-corrected chi connectivity index (χ3v) is 5.20. The minimum Gasteiger partial charge on any atom is -0.374 e. The van der Waals surface area contributed by atoms with E-state index >= 15 is 0 Å². The largest absolute Gasteiger partial charge is 0.374 e. The molecule has 0 amide bonds. The summed E-state index contributed by atoms with van der Waals surface area (Å²) in [5.74, 6) is 0. The van der Waals surface area contributed by atoms with Gasteiger partial charge in [-0.1, -0.05) is 11.4 Å². The van der Waals surface area contributed by atoms with Crippen LogP contribution >= 0.6 is 23.3 Å². The van der Waals surface area contributed by atoms with Crippen LogP contribution in [0.2, 0.25) is 0 Å². The molecule has 0 aromatic carbocycles. The molecule has 0 spiro atoms. The number of rotatable bonds is 6. The highest BCUT2D eigenvalue weighted by molar-refractivity contribution is 7.99. The molecule has 0 aliphatic carbocycles. The van der Waals surface area contributed by atoms with Crippen LogP contribution in [0.1, 0.15) is 31.9 Å². The van der Waals surface area contributed by atoms with E-state index in [9.17, 15) is 0 Å². The van der Waals surface area contributed by atoms with Crippen LogP contribution in [-0.2, 0) is 6.54 Å². The van der Waals surface area contributed by atoms with E-state index < -0.39 is 0 Å². The Morgan fingerprint density at radius 3 is 2.89 bits per heavy atom. The maximum Gasteiger partial charge on any atom is 0.134 e. The van der Waals surface area contributed by atoms with Gasteiger partial charge in [0.05, 0.1) is 0 Å². The summed E-state index contributed by atoms with van der Waals surface area (Å²) < 4.78 is 4.07. The summed E-state index contributed by atoms with van der Waals surface area (Å²) in [6.07, 6.45) is 5.96. The molecule has 1 aliphatic rings. The second kappa shape index (κ2) is 7.31. The lowest BCUT2D eigenvalue weighted by Gasteiger charge is -2.30. The molecular formula is C12H22N4S2.